The van der Waals surface area contributed by atoms with Crippen LogP contribution in [0.15, 0.2) is 66.7 Å². The van der Waals surface area contributed by atoms with Gasteiger partial charge in [0.15, 0.2) is 22.5 Å². The Morgan fingerprint density at radius 3 is 1.66 bits per heavy atom. The molecule has 6 heteroatoms. The molecule has 0 amide bonds. The molecule has 0 atom stereocenters. The molecule has 35 heavy (non-hydrogen) atoms. The Kier molecular flexibility index (Phi) is 5.83. The summed E-state index contributed by atoms with van der Waals surface area (Å²) in [7, 11) is 0. The molecule has 0 bridgehead atoms. The first-order valence-electron chi connectivity index (χ1n) is 11.3. The molecule has 0 spiro atoms. The normalized spacial score (nSPS) is 11.1. The molecular weight excluding hydrogens is 454 g/mol. The second-order valence-electron chi connectivity index (χ2n) is 8.77. The third-order valence-electron chi connectivity index (χ3n) is 6.01. The van der Waals surface area contributed by atoms with Crippen molar-refractivity contribution in [2.45, 2.75) is 27.7 Å². The highest BCUT2D eigenvalue weighted by Crippen LogP contribution is 2.50. The van der Waals surface area contributed by atoms with Gasteiger partial charge >= 0.3 is 0 Å². The third kappa shape index (κ3) is 4.29. The molecule has 0 aliphatic carbocycles. The minimum atomic E-state index is -0.0388. The van der Waals surface area contributed by atoms with Crippen LogP contribution in [0.5, 0.6) is 10.8 Å². The van der Waals surface area contributed by atoms with Crippen molar-refractivity contribution in [3.63, 3.8) is 0 Å². The topological polar surface area (TPSA) is 79.1 Å². The summed E-state index contributed by atoms with van der Waals surface area (Å²) in [5.74, 6) is 1.18. The van der Waals surface area contributed by atoms with Crippen LogP contribution in [-0.4, -0.2) is 25.2 Å². The van der Waals surface area contributed by atoms with Gasteiger partial charge in [-0.25, -0.2) is 15.0 Å². The number of aryl methyl sites for hydroxylation is 4. The number of nitrogens with zero attached hydrogens (tertiary/aromatic N) is 3. The van der Waals surface area contributed by atoms with E-state index in [2.05, 4.69) is 12.1 Å². The Morgan fingerprint density at radius 1 is 0.629 bits per heavy atom. The smallest absolute Gasteiger partial charge is 0.186 e. The van der Waals surface area contributed by atoms with Crippen molar-refractivity contribution in [1.29, 1.82) is 0 Å². The zero-order valence-corrected chi connectivity index (χ0v) is 20.8. The van der Waals surface area contributed by atoms with Gasteiger partial charge in [0, 0.05) is 11.1 Å². The molecule has 174 valence electrons. The lowest BCUT2D eigenvalue weighted by molar-refractivity contribution is 0.468. The quantitative estimate of drug-likeness (QED) is 0.284. The molecule has 5 nitrogen and oxygen atoms in total. The standard InChI is InChI=1S/C29H25N3O2S/c1-16-10-12-21(18(3)14-16)26-30-27(22-13-11-17(2)15-19(22)4)32-28(31-26)23-24(33)25(35-29(23)34)20-8-6-5-7-9-20/h5-15,33-34H,1-4H3. The Morgan fingerprint density at radius 2 is 1.14 bits per heavy atom. The van der Waals surface area contributed by atoms with Crippen LogP contribution in [-0.2, 0) is 0 Å². The highest BCUT2D eigenvalue weighted by molar-refractivity contribution is 7.18. The molecule has 0 aliphatic rings. The summed E-state index contributed by atoms with van der Waals surface area (Å²) in [5, 5.41) is 22.0. The van der Waals surface area contributed by atoms with Crippen molar-refractivity contribution in [2.75, 3.05) is 0 Å². The number of rotatable bonds is 4. The maximum absolute atomic E-state index is 11.2. The maximum atomic E-state index is 11.2. The summed E-state index contributed by atoms with van der Waals surface area (Å²) in [6.07, 6.45) is 0. The zero-order valence-electron chi connectivity index (χ0n) is 20.0. The number of thiophene rings is 1. The van der Waals surface area contributed by atoms with E-state index in [4.69, 9.17) is 15.0 Å². The van der Waals surface area contributed by atoms with Crippen LogP contribution in [0.4, 0.5) is 0 Å². The summed E-state index contributed by atoms with van der Waals surface area (Å²) in [6, 6.07) is 21.7. The third-order valence-corrected chi connectivity index (χ3v) is 7.04. The summed E-state index contributed by atoms with van der Waals surface area (Å²) in [4.78, 5) is 14.9. The van der Waals surface area contributed by atoms with E-state index in [0.717, 1.165) is 50.3 Å². The van der Waals surface area contributed by atoms with Gasteiger partial charge in [0.1, 0.15) is 11.3 Å². The summed E-state index contributed by atoms with van der Waals surface area (Å²) in [5.41, 5.74) is 7.16. The second kappa shape index (κ2) is 8.96. The molecule has 0 saturated heterocycles. The predicted molar refractivity (Wildman–Crippen MR) is 142 cm³/mol. The number of aromatic hydroxyl groups is 2. The van der Waals surface area contributed by atoms with Gasteiger partial charge in [0.05, 0.1) is 4.88 Å². The Balaban J connectivity index is 1.76. The van der Waals surface area contributed by atoms with E-state index < -0.39 is 0 Å². The highest BCUT2D eigenvalue weighted by Gasteiger charge is 2.24. The number of aromatic nitrogens is 3. The van der Waals surface area contributed by atoms with Crippen molar-refractivity contribution < 1.29 is 10.2 Å². The number of hydrogen-bond acceptors (Lipinski definition) is 6. The fraction of sp³-hybridized carbons (Fsp3) is 0.138. The van der Waals surface area contributed by atoms with Crippen LogP contribution < -0.4 is 0 Å². The van der Waals surface area contributed by atoms with Gasteiger partial charge in [-0.3, -0.25) is 0 Å². The van der Waals surface area contributed by atoms with E-state index in [9.17, 15) is 10.2 Å². The fourth-order valence-electron chi connectivity index (χ4n) is 4.26. The van der Waals surface area contributed by atoms with Gasteiger partial charge in [-0.2, -0.15) is 0 Å². The lowest BCUT2D eigenvalue weighted by Crippen LogP contribution is -2.02. The Hall–Kier alpha value is -4.03. The van der Waals surface area contributed by atoms with Crippen LogP contribution >= 0.6 is 11.3 Å². The second-order valence-corrected chi connectivity index (χ2v) is 9.77. The largest absolute Gasteiger partial charge is 0.505 e. The van der Waals surface area contributed by atoms with Gasteiger partial charge in [0.25, 0.3) is 0 Å². The SMILES string of the molecule is Cc1ccc(-c2nc(-c3ccc(C)cc3C)nc(-c3c(O)sc(-c4ccccc4)c3O)n2)c(C)c1. The summed E-state index contributed by atoms with van der Waals surface area (Å²) < 4.78 is 0. The highest BCUT2D eigenvalue weighted by atomic mass is 32.1. The first-order valence-corrected chi connectivity index (χ1v) is 12.2. The lowest BCUT2D eigenvalue weighted by Gasteiger charge is -2.12. The van der Waals surface area contributed by atoms with Crippen molar-refractivity contribution in [3.05, 3.63) is 89.0 Å². The average Bonchev–Trinajstić information content (AvgIpc) is 3.13. The van der Waals surface area contributed by atoms with Crippen molar-refractivity contribution in [3.8, 4) is 55.4 Å². The molecule has 2 heterocycles. The molecular formula is C29H25N3O2S. The molecule has 2 aromatic heterocycles. The number of benzene rings is 3. The minimum absolute atomic E-state index is 0.0364. The molecule has 2 N–H and O–H groups in total. The first-order chi connectivity index (χ1) is 16.8. The van der Waals surface area contributed by atoms with Crippen LogP contribution in [0.1, 0.15) is 22.3 Å². The van der Waals surface area contributed by atoms with E-state index in [1.54, 1.807) is 0 Å². The first kappa shape index (κ1) is 22.7. The molecule has 0 saturated carbocycles. The summed E-state index contributed by atoms with van der Waals surface area (Å²) >= 11 is 1.11. The number of hydrogen-bond donors (Lipinski definition) is 2. The van der Waals surface area contributed by atoms with Crippen molar-refractivity contribution in [2.24, 2.45) is 0 Å². The Labute approximate surface area is 208 Å². The van der Waals surface area contributed by atoms with E-state index in [0.29, 0.717) is 16.5 Å². The molecule has 0 aliphatic heterocycles. The van der Waals surface area contributed by atoms with Gasteiger partial charge in [-0.05, 0) is 44.4 Å². The lowest BCUT2D eigenvalue weighted by atomic mass is 10.0. The molecule has 5 rings (SSSR count). The molecule has 3 aromatic carbocycles. The minimum Gasteiger partial charge on any atom is -0.505 e. The van der Waals surface area contributed by atoms with E-state index >= 15 is 0 Å². The molecule has 0 fully saturated rings. The monoisotopic (exact) mass is 479 g/mol. The van der Waals surface area contributed by atoms with Gasteiger partial charge in [0.2, 0.25) is 0 Å². The van der Waals surface area contributed by atoms with Gasteiger partial charge in [-0.1, -0.05) is 89.2 Å². The fourth-order valence-corrected chi connectivity index (χ4v) is 5.19. The molecule has 5 aromatic rings. The van der Waals surface area contributed by atoms with Crippen molar-refractivity contribution >= 4 is 11.3 Å². The van der Waals surface area contributed by atoms with Gasteiger partial charge in [-0.15, -0.1) is 0 Å². The Bertz CT molecular complexity index is 1490. The zero-order chi connectivity index (χ0) is 24.7. The van der Waals surface area contributed by atoms with E-state index in [1.807, 2.05) is 82.3 Å². The van der Waals surface area contributed by atoms with Gasteiger partial charge < -0.3 is 10.2 Å². The van der Waals surface area contributed by atoms with Crippen molar-refractivity contribution in [1.82, 2.24) is 15.0 Å². The molecule has 0 radical (unpaired) electrons. The van der Waals surface area contributed by atoms with Crippen LogP contribution in [0.2, 0.25) is 0 Å². The van der Waals surface area contributed by atoms with Crippen LogP contribution in [0.25, 0.3) is 44.6 Å². The summed E-state index contributed by atoms with van der Waals surface area (Å²) in [6.45, 7) is 8.14. The predicted octanol–water partition coefficient (Wildman–Crippen LogP) is 7.25. The van der Waals surface area contributed by atoms with Crippen LogP contribution in [0.3, 0.4) is 0 Å². The van der Waals surface area contributed by atoms with Crippen LogP contribution in [0, 0.1) is 27.7 Å². The molecule has 0 unspecified atom stereocenters. The van der Waals surface area contributed by atoms with E-state index in [-0.39, 0.29) is 22.2 Å². The van der Waals surface area contributed by atoms with E-state index in [1.165, 1.54) is 0 Å². The maximum Gasteiger partial charge on any atom is 0.186 e. The average molecular weight is 480 g/mol.